The van der Waals surface area contributed by atoms with Gasteiger partial charge < -0.3 is 14.4 Å². The van der Waals surface area contributed by atoms with Crippen LogP contribution in [0.4, 0.5) is 10.2 Å². The Labute approximate surface area is 177 Å². The summed E-state index contributed by atoms with van der Waals surface area (Å²) in [6, 6.07) is 15.0. The van der Waals surface area contributed by atoms with Crippen LogP contribution >= 0.6 is 0 Å². The molecule has 1 atom stereocenters. The smallest absolute Gasteiger partial charge is 0.352 e. The lowest BCUT2D eigenvalue weighted by molar-refractivity contribution is 0.291. The lowest BCUT2D eigenvalue weighted by Gasteiger charge is -2.17. The van der Waals surface area contributed by atoms with Crippen LogP contribution in [0.25, 0.3) is 0 Å². The average Bonchev–Trinajstić information content (AvgIpc) is 3.35. The standard InChI is InChI=1S/C23H19FN4O3/c24-17-3-1-5-19(10-17)31-20-7-6-15(9-16(20)12-25)14-30-21-11-22-27-8-2-4-18(27)13-28(22)23(29)26-21/h1,3,5-7,9-11,18H,2,4,8,13-14H2/t18-/m0/s1. The van der Waals surface area contributed by atoms with Crippen molar-refractivity contribution in [1.29, 1.82) is 5.26 Å². The molecule has 1 saturated heterocycles. The molecule has 31 heavy (non-hydrogen) atoms. The zero-order valence-electron chi connectivity index (χ0n) is 16.6. The average molecular weight is 418 g/mol. The largest absolute Gasteiger partial charge is 0.473 e. The molecule has 0 aliphatic carbocycles. The Balaban J connectivity index is 1.32. The van der Waals surface area contributed by atoms with Crippen LogP contribution in [-0.4, -0.2) is 22.1 Å². The van der Waals surface area contributed by atoms with Crippen LogP contribution in [-0.2, 0) is 13.2 Å². The Morgan fingerprint density at radius 2 is 2.13 bits per heavy atom. The molecule has 5 rings (SSSR count). The first kappa shape index (κ1) is 19.1. The van der Waals surface area contributed by atoms with Gasteiger partial charge in [-0.1, -0.05) is 12.1 Å². The van der Waals surface area contributed by atoms with E-state index in [-0.39, 0.29) is 18.2 Å². The molecular weight excluding hydrogens is 399 g/mol. The first-order valence-electron chi connectivity index (χ1n) is 10.1. The second kappa shape index (κ2) is 7.76. The fourth-order valence-corrected chi connectivity index (χ4v) is 4.15. The Kier molecular flexibility index (Phi) is 4.79. The number of rotatable bonds is 5. The molecule has 2 aromatic carbocycles. The maximum atomic E-state index is 13.4. The van der Waals surface area contributed by atoms with E-state index in [0.717, 1.165) is 30.8 Å². The molecule has 1 fully saturated rings. The van der Waals surface area contributed by atoms with Crippen LogP contribution < -0.4 is 20.1 Å². The van der Waals surface area contributed by atoms with E-state index in [0.29, 0.717) is 29.6 Å². The number of nitrogens with zero attached hydrogens (tertiary/aromatic N) is 4. The predicted molar refractivity (Wildman–Crippen MR) is 111 cm³/mol. The fraction of sp³-hybridized carbons (Fsp3) is 0.261. The molecular formula is C23H19FN4O3. The summed E-state index contributed by atoms with van der Waals surface area (Å²) in [5, 5.41) is 9.48. The van der Waals surface area contributed by atoms with Gasteiger partial charge in [0.2, 0.25) is 5.88 Å². The van der Waals surface area contributed by atoms with Crippen LogP contribution in [0, 0.1) is 17.1 Å². The van der Waals surface area contributed by atoms with Crippen LogP contribution in [0.2, 0.25) is 0 Å². The van der Waals surface area contributed by atoms with Crippen molar-refractivity contribution in [3.05, 3.63) is 76.0 Å². The molecule has 0 radical (unpaired) electrons. The van der Waals surface area contributed by atoms with Gasteiger partial charge in [0.05, 0.1) is 5.56 Å². The number of anilines is 1. The molecule has 0 unspecified atom stereocenters. The van der Waals surface area contributed by atoms with Gasteiger partial charge in [-0.3, -0.25) is 4.57 Å². The fourth-order valence-electron chi connectivity index (χ4n) is 4.15. The van der Waals surface area contributed by atoms with E-state index < -0.39 is 5.82 Å². The van der Waals surface area contributed by atoms with Gasteiger partial charge in [0.25, 0.3) is 0 Å². The third-order valence-corrected chi connectivity index (χ3v) is 5.61. The highest BCUT2D eigenvalue weighted by atomic mass is 19.1. The summed E-state index contributed by atoms with van der Waals surface area (Å²) in [6.45, 7) is 1.76. The van der Waals surface area contributed by atoms with Gasteiger partial charge in [0.1, 0.15) is 35.8 Å². The van der Waals surface area contributed by atoms with Gasteiger partial charge in [0, 0.05) is 31.3 Å². The lowest BCUT2D eigenvalue weighted by atomic mass is 10.1. The summed E-state index contributed by atoms with van der Waals surface area (Å²) in [4.78, 5) is 18.7. The predicted octanol–water partition coefficient (Wildman–Crippen LogP) is 3.61. The van der Waals surface area contributed by atoms with E-state index in [1.165, 1.54) is 18.2 Å². The summed E-state index contributed by atoms with van der Waals surface area (Å²) in [5.74, 6) is 1.34. The molecule has 3 heterocycles. The number of ether oxygens (including phenoxy) is 2. The highest BCUT2D eigenvalue weighted by Crippen LogP contribution is 2.33. The Morgan fingerprint density at radius 3 is 2.97 bits per heavy atom. The molecule has 0 N–H and O–H groups in total. The van der Waals surface area contributed by atoms with Crippen molar-refractivity contribution >= 4 is 5.82 Å². The summed E-state index contributed by atoms with van der Waals surface area (Å²) in [5.41, 5.74) is 0.718. The quantitative estimate of drug-likeness (QED) is 0.630. The number of hydrogen-bond acceptors (Lipinski definition) is 6. The van der Waals surface area contributed by atoms with Gasteiger partial charge in [-0.15, -0.1) is 0 Å². The monoisotopic (exact) mass is 418 g/mol. The number of fused-ring (bicyclic) bond motifs is 3. The van der Waals surface area contributed by atoms with Gasteiger partial charge in [-0.25, -0.2) is 9.18 Å². The molecule has 8 heteroatoms. The van der Waals surface area contributed by atoms with Crippen LogP contribution in [0.15, 0.2) is 53.3 Å². The SMILES string of the molecule is N#Cc1cc(COc2cc3n(c(=O)n2)C[C@@H]2CCCN32)ccc1Oc1cccc(F)c1. The highest BCUT2D eigenvalue weighted by Gasteiger charge is 2.34. The topological polar surface area (TPSA) is 80.4 Å². The number of halogens is 1. The maximum absolute atomic E-state index is 13.4. The second-order valence-electron chi connectivity index (χ2n) is 7.63. The molecule has 0 spiro atoms. The molecule has 0 bridgehead atoms. The number of aromatic nitrogens is 2. The van der Waals surface area contributed by atoms with Crippen molar-refractivity contribution in [2.75, 3.05) is 11.4 Å². The molecule has 2 aliphatic heterocycles. The Bertz CT molecular complexity index is 1250. The lowest BCUT2D eigenvalue weighted by Crippen LogP contribution is -2.24. The van der Waals surface area contributed by atoms with Gasteiger partial charge in [0.15, 0.2) is 0 Å². The summed E-state index contributed by atoms with van der Waals surface area (Å²) in [7, 11) is 0. The molecule has 156 valence electrons. The third-order valence-electron chi connectivity index (χ3n) is 5.61. The normalized spacial score (nSPS) is 16.5. The van der Waals surface area contributed by atoms with E-state index in [2.05, 4.69) is 16.0 Å². The van der Waals surface area contributed by atoms with Gasteiger partial charge in [-0.2, -0.15) is 10.2 Å². The minimum atomic E-state index is -0.418. The van der Waals surface area contributed by atoms with Crippen molar-refractivity contribution in [2.24, 2.45) is 0 Å². The minimum Gasteiger partial charge on any atom is -0.473 e. The second-order valence-corrected chi connectivity index (χ2v) is 7.63. The van der Waals surface area contributed by atoms with Gasteiger partial charge >= 0.3 is 5.69 Å². The van der Waals surface area contributed by atoms with Crippen molar-refractivity contribution in [3.63, 3.8) is 0 Å². The summed E-state index contributed by atoms with van der Waals surface area (Å²) in [6.07, 6.45) is 2.20. The van der Waals surface area contributed by atoms with E-state index >= 15 is 0 Å². The van der Waals surface area contributed by atoms with E-state index in [9.17, 15) is 14.4 Å². The summed E-state index contributed by atoms with van der Waals surface area (Å²) < 4.78 is 26.5. The van der Waals surface area contributed by atoms with E-state index in [1.807, 2.05) is 0 Å². The van der Waals surface area contributed by atoms with E-state index in [4.69, 9.17) is 9.47 Å². The molecule has 7 nitrogen and oxygen atoms in total. The molecule has 2 aliphatic rings. The van der Waals surface area contributed by atoms with Crippen molar-refractivity contribution < 1.29 is 13.9 Å². The molecule has 0 saturated carbocycles. The first-order valence-corrected chi connectivity index (χ1v) is 10.1. The Morgan fingerprint density at radius 1 is 1.23 bits per heavy atom. The molecule has 0 amide bonds. The highest BCUT2D eigenvalue weighted by molar-refractivity contribution is 5.49. The number of benzene rings is 2. The number of hydrogen-bond donors (Lipinski definition) is 0. The Hall–Kier alpha value is -3.86. The zero-order chi connectivity index (χ0) is 21.4. The molecule has 1 aromatic heterocycles. The first-order chi connectivity index (χ1) is 15.1. The van der Waals surface area contributed by atoms with Crippen molar-refractivity contribution in [1.82, 2.24) is 9.55 Å². The van der Waals surface area contributed by atoms with Crippen LogP contribution in [0.5, 0.6) is 17.4 Å². The van der Waals surface area contributed by atoms with Crippen LogP contribution in [0.3, 0.4) is 0 Å². The van der Waals surface area contributed by atoms with E-state index in [1.54, 1.807) is 34.9 Å². The zero-order valence-corrected chi connectivity index (χ0v) is 16.6. The minimum absolute atomic E-state index is 0.147. The van der Waals surface area contributed by atoms with Gasteiger partial charge in [-0.05, 0) is 42.7 Å². The molecule has 3 aromatic rings. The van der Waals surface area contributed by atoms with Crippen molar-refractivity contribution in [2.45, 2.75) is 32.0 Å². The number of nitriles is 1. The summed E-state index contributed by atoms with van der Waals surface area (Å²) >= 11 is 0. The third kappa shape index (κ3) is 3.70. The van der Waals surface area contributed by atoms with Crippen molar-refractivity contribution in [3.8, 4) is 23.4 Å². The van der Waals surface area contributed by atoms with Crippen LogP contribution in [0.1, 0.15) is 24.0 Å². The maximum Gasteiger partial charge on any atom is 0.352 e.